The summed E-state index contributed by atoms with van der Waals surface area (Å²) in [6.07, 6.45) is 0.899. The van der Waals surface area contributed by atoms with Crippen molar-refractivity contribution in [1.29, 1.82) is 0 Å². The van der Waals surface area contributed by atoms with Gasteiger partial charge in [0.05, 0.1) is 0 Å². The van der Waals surface area contributed by atoms with Crippen LogP contribution in [0, 0.1) is 0 Å². The molecule has 14 heavy (non-hydrogen) atoms. The van der Waals surface area contributed by atoms with Crippen LogP contribution in [0.15, 0.2) is 0 Å². The number of carbonyl (C=O) groups is 2. The molecule has 5 heteroatoms. The van der Waals surface area contributed by atoms with Gasteiger partial charge in [-0.25, -0.2) is 4.79 Å². The summed E-state index contributed by atoms with van der Waals surface area (Å²) >= 11 is 0. The van der Waals surface area contributed by atoms with Crippen molar-refractivity contribution < 1.29 is 9.59 Å². The quantitative estimate of drug-likeness (QED) is 0.666. The number of hydrogen-bond donors (Lipinski definition) is 2. The molecule has 0 radical (unpaired) electrons. The first kappa shape index (κ1) is 12.7. The molecule has 0 rings (SSSR count). The van der Waals surface area contributed by atoms with Crippen LogP contribution in [0.25, 0.3) is 0 Å². The van der Waals surface area contributed by atoms with Crippen LogP contribution in [0.2, 0.25) is 0 Å². The summed E-state index contributed by atoms with van der Waals surface area (Å²) in [5.41, 5.74) is 0. The van der Waals surface area contributed by atoms with Crippen molar-refractivity contribution in [3.8, 4) is 0 Å². The van der Waals surface area contributed by atoms with Crippen LogP contribution in [0.1, 0.15) is 20.3 Å². The Morgan fingerprint density at radius 1 is 1.21 bits per heavy atom. The van der Waals surface area contributed by atoms with Gasteiger partial charge in [0.1, 0.15) is 6.54 Å². The van der Waals surface area contributed by atoms with Gasteiger partial charge in [0.25, 0.3) is 0 Å². The Hall–Kier alpha value is -1.26. The largest absolute Gasteiger partial charge is 0.355 e. The predicted molar refractivity (Wildman–Crippen MR) is 55.0 cm³/mol. The molecule has 3 amide bonds. The third-order valence-electron chi connectivity index (χ3n) is 1.63. The summed E-state index contributed by atoms with van der Waals surface area (Å²) in [4.78, 5) is 23.7. The standard InChI is InChI=1S/C9H19N3O2/c1-4-6-11-8(13)7-12(3)9(14)10-5-2/h4-7H2,1-3H3,(H,10,14)(H,11,13). The first-order valence-electron chi connectivity index (χ1n) is 4.87. The number of carbonyl (C=O) groups excluding carboxylic acids is 2. The van der Waals surface area contributed by atoms with Gasteiger partial charge in [0.15, 0.2) is 0 Å². The molecule has 0 unspecified atom stereocenters. The zero-order valence-corrected chi connectivity index (χ0v) is 9.09. The molecule has 0 spiro atoms. The van der Waals surface area contributed by atoms with E-state index < -0.39 is 0 Å². The van der Waals surface area contributed by atoms with E-state index in [4.69, 9.17) is 0 Å². The molecule has 0 aromatic rings. The lowest BCUT2D eigenvalue weighted by molar-refractivity contribution is -0.121. The molecule has 0 fully saturated rings. The number of amides is 3. The molecule has 0 saturated carbocycles. The van der Waals surface area contributed by atoms with Gasteiger partial charge in [-0.3, -0.25) is 4.79 Å². The van der Waals surface area contributed by atoms with Gasteiger partial charge in [-0.2, -0.15) is 0 Å². The van der Waals surface area contributed by atoms with Crippen molar-refractivity contribution in [3.05, 3.63) is 0 Å². The third-order valence-corrected chi connectivity index (χ3v) is 1.63. The Balaban J connectivity index is 3.75. The number of likely N-dealkylation sites (N-methyl/N-ethyl adjacent to an activating group) is 1. The van der Waals surface area contributed by atoms with E-state index in [0.29, 0.717) is 13.1 Å². The van der Waals surface area contributed by atoms with Crippen molar-refractivity contribution >= 4 is 11.9 Å². The van der Waals surface area contributed by atoms with Gasteiger partial charge in [0, 0.05) is 20.1 Å². The van der Waals surface area contributed by atoms with Gasteiger partial charge in [-0.15, -0.1) is 0 Å². The van der Waals surface area contributed by atoms with E-state index in [1.165, 1.54) is 4.90 Å². The highest BCUT2D eigenvalue weighted by Crippen LogP contribution is 1.84. The molecule has 0 bridgehead atoms. The summed E-state index contributed by atoms with van der Waals surface area (Å²) in [6.45, 7) is 5.14. The summed E-state index contributed by atoms with van der Waals surface area (Å²) in [6, 6.07) is -0.223. The van der Waals surface area contributed by atoms with E-state index in [1.807, 2.05) is 13.8 Å². The lowest BCUT2D eigenvalue weighted by Crippen LogP contribution is -2.43. The number of hydrogen-bond acceptors (Lipinski definition) is 2. The second-order valence-corrected chi connectivity index (χ2v) is 3.04. The fourth-order valence-corrected chi connectivity index (χ4v) is 0.894. The van der Waals surface area contributed by atoms with E-state index in [0.717, 1.165) is 6.42 Å². The molecule has 0 aliphatic carbocycles. The molecule has 0 heterocycles. The minimum absolute atomic E-state index is 0.103. The number of urea groups is 1. The Morgan fingerprint density at radius 2 is 1.86 bits per heavy atom. The number of nitrogens with zero attached hydrogens (tertiary/aromatic N) is 1. The van der Waals surface area contributed by atoms with Crippen LogP contribution in [0.3, 0.4) is 0 Å². The van der Waals surface area contributed by atoms with Gasteiger partial charge >= 0.3 is 6.03 Å². The second-order valence-electron chi connectivity index (χ2n) is 3.04. The lowest BCUT2D eigenvalue weighted by Gasteiger charge is -2.16. The summed E-state index contributed by atoms with van der Waals surface area (Å²) in [5.74, 6) is -0.124. The summed E-state index contributed by atoms with van der Waals surface area (Å²) in [7, 11) is 1.59. The zero-order valence-electron chi connectivity index (χ0n) is 9.09. The molecular formula is C9H19N3O2. The Morgan fingerprint density at radius 3 is 2.36 bits per heavy atom. The minimum atomic E-state index is -0.223. The third kappa shape index (κ3) is 5.40. The van der Waals surface area contributed by atoms with Gasteiger partial charge in [-0.05, 0) is 13.3 Å². The van der Waals surface area contributed by atoms with E-state index in [2.05, 4.69) is 10.6 Å². The molecule has 0 atom stereocenters. The van der Waals surface area contributed by atoms with Gasteiger partial charge < -0.3 is 15.5 Å². The maximum absolute atomic E-state index is 11.2. The molecule has 0 aliphatic rings. The van der Waals surface area contributed by atoms with Crippen LogP contribution < -0.4 is 10.6 Å². The highest BCUT2D eigenvalue weighted by molar-refractivity contribution is 5.83. The normalized spacial score (nSPS) is 9.36. The van der Waals surface area contributed by atoms with Crippen molar-refractivity contribution in [2.75, 3.05) is 26.7 Å². The van der Waals surface area contributed by atoms with Crippen molar-refractivity contribution in [1.82, 2.24) is 15.5 Å². The van der Waals surface area contributed by atoms with E-state index in [-0.39, 0.29) is 18.5 Å². The molecule has 0 saturated heterocycles. The van der Waals surface area contributed by atoms with E-state index in [9.17, 15) is 9.59 Å². The van der Waals surface area contributed by atoms with Crippen molar-refractivity contribution in [2.24, 2.45) is 0 Å². The minimum Gasteiger partial charge on any atom is -0.355 e. The van der Waals surface area contributed by atoms with Crippen molar-refractivity contribution in [2.45, 2.75) is 20.3 Å². The molecule has 5 nitrogen and oxygen atoms in total. The van der Waals surface area contributed by atoms with E-state index >= 15 is 0 Å². The van der Waals surface area contributed by atoms with E-state index in [1.54, 1.807) is 7.05 Å². The fraction of sp³-hybridized carbons (Fsp3) is 0.778. The number of rotatable bonds is 5. The van der Waals surface area contributed by atoms with Crippen LogP contribution in [-0.2, 0) is 4.79 Å². The Kier molecular flexibility index (Phi) is 6.53. The van der Waals surface area contributed by atoms with Gasteiger partial charge in [-0.1, -0.05) is 6.92 Å². The summed E-state index contributed by atoms with van der Waals surface area (Å²) < 4.78 is 0. The van der Waals surface area contributed by atoms with Crippen molar-refractivity contribution in [3.63, 3.8) is 0 Å². The molecule has 0 aliphatic heterocycles. The average Bonchev–Trinajstić information content (AvgIpc) is 2.15. The summed E-state index contributed by atoms with van der Waals surface area (Å²) in [5, 5.41) is 5.31. The molecule has 0 aromatic heterocycles. The fourth-order valence-electron chi connectivity index (χ4n) is 0.894. The maximum Gasteiger partial charge on any atom is 0.317 e. The molecular weight excluding hydrogens is 182 g/mol. The molecule has 82 valence electrons. The van der Waals surface area contributed by atoms with Crippen LogP contribution in [0.5, 0.6) is 0 Å². The topological polar surface area (TPSA) is 61.4 Å². The average molecular weight is 201 g/mol. The monoisotopic (exact) mass is 201 g/mol. The Bertz CT molecular complexity index is 194. The Labute approximate surface area is 84.8 Å². The zero-order chi connectivity index (χ0) is 11.0. The maximum atomic E-state index is 11.2. The van der Waals surface area contributed by atoms with Crippen LogP contribution in [-0.4, -0.2) is 43.5 Å². The lowest BCUT2D eigenvalue weighted by atomic mass is 10.4. The smallest absolute Gasteiger partial charge is 0.317 e. The first-order chi connectivity index (χ1) is 6.61. The second kappa shape index (κ2) is 7.17. The van der Waals surface area contributed by atoms with Crippen LogP contribution >= 0.6 is 0 Å². The van der Waals surface area contributed by atoms with Crippen LogP contribution in [0.4, 0.5) is 4.79 Å². The van der Waals surface area contributed by atoms with Gasteiger partial charge in [0.2, 0.25) is 5.91 Å². The predicted octanol–water partition coefficient (Wildman–Crippen LogP) is 0.174. The molecule has 0 aromatic carbocycles. The SMILES string of the molecule is CCCNC(=O)CN(C)C(=O)NCC. The first-order valence-corrected chi connectivity index (χ1v) is 4.87. The highest BCUT2D eigenvalue weighted by Gasteiger charge is 2.10. The highest BCUT2D eigenvalue weighted by atomic mass is 16.2. The number of nitrogens with one attached hydrogen (secondary N) is 2. The molecule has 2 N–H and O–H groups in total.